The number of piperazine rings is 1. The molecule has 2 aliphatic heterocycles. The second-order valence-electron chi connectivity index (χ2n) is 13.8. The van der Waals surface area contributed by atoms with E-state index in [1.165, 1.54) is 21.1 Å². The highest BCUT2D eigenvalue weighted by molar-refractivity contribution is 6.33. The van der Waals surface area contributed by atoms with Gasteiger partial charge in [-0.25, -0.2) is 9.78 Å². The highest BCUT2D eigenvalue weighted by Crippen LogP contribution is 2.36. The molecule has 60 heavy (non-hydrogen) atoms. The van der Waals surface area contributed by atoms with Crippen molar-refractivity contribution in [2.75, 3.05) is 62.0 Å². The van der Waals surface area contributed by atoms with Crippen LogP contribution in [0.25, 0.3) is 11.4 Å². The van der Waals surface area contributed by atoms with E-state index in [0.717, 1.165) is 28.5 Å². The Morgan fingerprint density at radius 2 is 1.72 bits per heavy atom. The molecule has 2 aromatic carbocycles. The van der Waals surface area contributed by atoms with Crippen molar-refractivity contribution in [1.29, 1.82) is 0 Å². The van der Waals surface area contributed by atoms with E-state index >= 15 is 0 Å². The topological polar surface area (TPSA) is 153 Å². The van der Waals surface area contributed by atoms with Crippen LogP contribution in [0, 0.1) is 0 Å². The summed E-state index contributed by atoms with van der Waals surface area (Å²) < 4.78 is 96.3. The van der Waals surface area contributed by atoms with E-state index < -0.39 is 53.5 Å². The standard InChI is InChI=1S/C38H37ClF6N10O5/c1-3-28-30(51-12-14-52(15-13-51)36(58)49-33-31(38(43,44)45)46-21-53(33)19-22-4-7-25(59-2)8-5-22)34(57)55-35(48-32(50-55)23-10-16-60-17-11-23)54(28)20-29(56)47-27-9-6-24(18-26(27)39)37(40,41)42/h4-10,18,21H,3,11-17,19-20H2,1-2H3,(H,47,56)(H,49,58). The fraction of sp³-hybridized carbons (Fsp3) is 0.368. The Morgan fingerprint density at radius 1 is 0.983 bits per heavy atom. The lowest BCUT2D eigenvalue weighted by molar-refractivity contribution is -0.140. The summed E-state index contributed by atoms with van der Waals surface area (Å²) in [5.41, 5.74) is -1.02. The number of hydrogen-bond acceptors (Lipinski definition) is 9. The number of benzene rings is 2. The molecule has 0 aliphatic carbocycles. The number of imidazole rings is 1. The molecule has 2 N–H and O–H groups in total. The predicted octanol–water partition coefficient (Wildman–Crippen LogP) is 6.19. The van der Waals surface area contributed by atoms with E-state index in [2.05, 4.69) is 25.7 Å². The monoisotopic (exact) mass is 862 g/mol. The molecule has 1 fully saturated rings. The highest BCUT2D eigenvalue weighted by atomic mass is 35.5. The Hall–Kier alpha value is -6.09. The Labute approximate surface area is 342 Å². The molecule has 2 aliphatic rings. The maximum Gasteiger partial charge on any atom is 0.437 e. The molecule has 7 rings (SSSR count). The Balaban J connectivity index is 1.15. The van der Waals surface area contributed by atoms with Crippen LogP contribution in [-0.2, 0) is 41.4 Å². The predicted molar refractivity (Wildman–Crippen MR) is 207 cm³/mol. The number of nitrogens with one attached hydrogen (secondary N) is 2. The van der Waals surface area contributed by atoms with Gasteiger partial charge in [0.2, 0.25) is 11.7 Å². The van der Waals surface area contributed by atoms with Gasteiger partial charge >= 0.3 is 18.4 Å². The van der Waals surface area contributed by atoms with Crippen molar-refractivity contribution >= 4 is 52.1 Å². The van der Waals surface area contributed by atoms with Crippen molar-refractivity contribution in [3.63, 3.8) is 0 Å². The van der Waals surface area contributed by atoms with E-state index in [0.29, 0.717) is 42.7 Å². The SMILES string of the molecule is CCc1c(N2CCN(C(=O)Nc3c(C(F)(F)F)ncn3Cc3ccc(OC)cc3)CC2)c(=O)n2nc(C3=CCOCC3)nc2n1CC(=O)Nc1ccc(C(F)(F)F)cc1Cl. The van der Waals surface area contributed by atoms with E-state index in [1.54, 1.807) is 42.2 Å². The summed E-state index contributed by atoms with van der Waals surface area (Å²) in [6.07, 6.45) is -6.08. The van der Waals surface area contributed by atoms with Gasteiger partial charge < -0.3 is 33.7 Å². The average molecular weight is 863 g/mol. The zero-order chi connectivity index (χ0) is 42.9. The molecule has 0 atom stereocenters. The van der Waals surface area contributed by atoms with Crippen LogP contribution < -0.4 is 25.8 Å². The van der Waals surface area contributed by atoms with Crippen LogP contribution in [0.1, 0.15) is 41.7 Å². The number of methoxy groups -OCH3 is 1. The number of alkyl halides is 6. The second kappa shape index (κ2) is 16.9. The van der Waals surface area contributed by atoms with Gasteiger partial charge in [-0.15, -0.1) is 5.10 Å². The number of aromatic nitrogens is 6. The third-order valence-corrected chi connectivity index (χ3v) is 10.3. The maximum atomic E-state index is 14.3. The van der Waals surface area contributed by atoms with Crippen LogP contribution in [-0.4, -0.2) is 92.1 Å². The Kier molecular flexibility index (Phi) is 11.8. The molecule has 0 radical (unpaired) electrons. The lowest BCUT2D eigenvalue weighted by atomic mass is 10.1. The lowest BCUT2D eigenvalue weighted by Crippen LogP contribution is -2.52. The maximum absolute atomic E-state index is 14.3. The van der Waals surface area contributed by atoms with E-state index in [9.17, 15) is 40.7 Å². The summed E-state index contributed by atoms with van der Waals surface area (Å²) in [5, 5.41) is 9.11. The minimum absolute atomic E-state index is 0.0111. The van der Waals surface area contributed by atoms with Crippen LogP contribution in [0.3, 0.4) is 0 Å². The molecule has 22 heteroatoms. The summed E-state index contributed by atoms with van der Waals surface area (Å²) in [6, 6.07) is 8.38. The molecule has 3 amide bonds. The van der Waals surface area contributed by atoms with Crippen molar-refractivity contribution in [1.82, 2.24) is 33.6 Å². The fourth-order valence-corrected chi connectivity index (χ4v) is 7.23. The van der Waals surface area contributed by atoms with Crippen LogP contribution in [0.4, 0.5) is 48.3 Å². The molecule has 15 nitrogen and oxygen atoms in total. The number of carbonyl (C=O) groups is 2. The third-order valence-electron chi connectivity index (χ3n) is 10.0. The normalized spacial score (nSPS) is 15.0. The number of halogens is 7. The fourth-order valence-electron chi connectivity index (χ4n) is 7.00. The molecule has 0 saturated carbocycles. The summed E-state index contributed by atoms with van der Waals surface area (Å²) >= 11 is 6.12. The minimum atomic E-state index is -4.87. The van der Waals surface area contributed by atoms with Crippen molar-refractivity contribution in [2.24, 2.45) is 0 Å². The van der Waals surface area contributed by atoms with Crippen molar-refractivity contribution < 1.29 is 45.4 Å². The highest BCUT2D eigenvalue weighted by Gasteiger charge is 2.39. The van der Waals surface area contributed by atoms with Crippen molar-refractivity contribution in [3.8, 4) is 5.75 Å². The molecule has 5 aromatic rings. The van der Waals surface area contributed by atoms with Gasteiger partial charge in [-0.05, 0) is 54.3 Å². The number of rotatable bonds is 10. The van der Waals surface area contributed by atoms with Crippen molar-refractivity contribution in [3.05, 3.63) is 98.6 Å². The number of anilines is 3. The van der Waals surface area contributed by atoms with Crippen LogP contribution in [0.15, 0.2) is 59.7 Å². The number of urea groups is 1. The molecule has 5 heterocycles. The van der Waals surface area contributed by atoms with E-state index in [-0.39, 0.29) is 67.1 Å². The van der Waals surface area contributed by atoms with Gasteiger partial charge in [0.1, 0.15) is 23.8 Å². The molecule has 0 unspecified atom stereocenters. The largest absolute Gasteiger partial charge is 0.497 e. The molecular formula is C38H37ClF6N10O5. The summed E-state index contributed by atoms with van der Waals surface area (Å²) in [6.45, 7) is 2.08. The zero-order valence-electron chi connectivity index (χ0n) is 32.0. The number of carbonyl (C=O) groups excluding carboxylic acids is 2. The number of nitrogens with zero attached hydrogens (tertiary/aromatic N) is 8. The summed E-state index contributed by atoms with van der Waals surface area (Å²) in [4.78, 5) is 52.7. The van der Waals surface area contributed by atoms with Gasteiger partial charge in [0.15, 0.2) is 11.5 Å². The molecule has 0 bridgehead atoms. The summed E-state index contributed by atoms with van der Waals surface area (Å²) in [5.74, 6) is -0.403. The van der Waals surface area contributed by atoms with Gasteiger partial charge in [0.05, 0.1) is 55.2 Å². The van der Waals surface area contributed by atoms with Gasteiger partial charge in [-0.3, -0.25) is 14.9 Å². The van der Waals surface area contributed by atoms with Gasteiger partial charge in [-0.2, -0.15) is 35.8 Å². The minimum Gasteiger partial charge on any atom is -0.497 e. The van der Waals surface area contributed by atoms with Crippen LogP contribution in [0.2, 0.25) is 5.02 Å². The van der Waals surface area contributed by atoms with Crippen LogP contribution in [0.5, 0.6) is 5.75 Å². The molecule has 0 spiro atoms. The Bertz CT molecular complexity index is 2510. The van der Waals surface area contributed by atoms with E-state index in [4.69, 9.17) is 21.1 Å². The quantitative estimate of drug-likeness (QED) is 0.157. The second-order valence-corrected chi connectivity index (χ2v) is 14.2. The summed E-state index contributed by atoms with van der Waals surface area (Å²) in [7, 11) is 1.49. The Morgan fingerprint density at radius 3 is 2.33 bits per heavy atom. The first kappa shape index (κ1) is 42.0. The molecule has 1 saturated heterocycles. The molecular weight excluding hydrogens is 826 g/mol. The number of fused-ring (bicyclic) bond motifs is 1. The number of hydrogen-bond donors (Lipinski definition) is 2. The van der Waals surface area contributed by atoms with Gasteiger partial charge in [-0.1, -0.05) is 36.7 Å². The third kappa shape index (κ3) is 8.76. The molecule has 318 valence electrons. The van der Waals surface area contributed by atoms with E-state index in [1.807, 2.05) is 0 Å². The van der Waals surface area contributed by atoms with Gasteiger partial charge in [0.25, 0.3) is 5.56 Å². The average Bonchev–Trinajstić information content (AvgIpc) is 3.85. The van der Waals surface area contributed by atoms with Crippen LogP contribution >= 0.6 is 11.6 Å². The first-order chi connectivity index (χ1) is 28.5. The lowest BCUT2D eigenvalue weighted by Gasteiger charge is -2.36. The smallest absolute Gasteiger partial charge is 0.437 e. The molecule has 3 aromatic heterocycles. The zero-order valence-corrected chi connectivity index (χ0v) is 32.8. The van der Waals surface area contributed by atoms with Crippen molar-refractivity contribution in [2.45, 2.75) is 45.2 Å². The number of ether oxygens (including phenoxy) is 2. The first-order valence-corrected chi connectivity index (χ1v) is 19.0. The van der Waals surface area contributed by atoms with Gasteiger partial charge in [0, 0.05) is 26.2 Å². The number of amides is 3. The first-order valence-electron chi connectivity index (χ1n) is 18.6.